The predicted molar refractivity (Wildman–Crippen MR) is 119 cm³/mol. The Balaban J connectivity index is 1.47. The van der Waals surface area contributed by atoms with Crippen molar-refractivity contribution in [2.75, 3.05) is 26.3 Å². The van der Waals surface area contributed by atoms with Crippen LogP contribution in [-0.2, 0) is 14.8 Å². The van der Waals surface area contributed by atoms with Gasteiger partial charge in [-0.25, -0.2) is 13.4 Å². The van der Waals surface area contributed by atoms with Gasteiger partial charge < -0.3 is 9.47 Å². The molecule has 9 heteroatoms. The first-order valence-corrected chi connectivity index (χ1v) is 11.6. The highest BCUT2D eigenvalue weighted by Gasteiger charge is 2.26. The van der Waals surface area contributed by atoms with Crippen molar-refractivity contribution >= 4 is 20.9 Å². The molecule has 1 fully saturated rings. The van der Waals surface area contributed by atoms with Gasteiger partial charge in [0.05, 0.1) is 29.0 Å². The van der Waals surface area contributed by atoms with Crippen LogP contribution >= 0.6 is 0 Å². The summed E-state index contributed by atoms with van der Waals surface area (Å²) in [5.74, 6) is 1.36. The van der Waals surface area contributed by atoms with Crippen molar-refractivity contribution in [1.29, 1.82) is 0 Å². The molecule has 8 nitrogen and oxygen atoms in total. The number of pyridine rings is 1. The zero-order valence-electron chi connectivity index (χ0n) is 17.1. The molecule has 0 atom stereocenters. The molecule has 1 saturated heterocycles. The van der Waals surface area contributed by atoms with Crippen LogP contribution in [0.2, 0.25) is 0 Å². The van der Waals surface area contributed by atoms with Gasteiger partial charge in [0, 0.05) is 31.0 Å². The smallest absolute Gasteiger partial charge is 0.243 e. The molecule has 0 unspecified atom stereocenters. The summed E-state index contributed by atoms with van der Waals surface area (Å²) in [5.41, 5.74) is 1.51. The normalized spacial score (nSPS) is 15.0. The Morgan fingerprint density at radius 1 is 0.906 bits per heavy atom. The molecule has 1 aliphatic rings. The minimum atomic E-state index is -3.56. The standard InChI is InChI=1S/C23H20N4O4S/c28-32(29,27-12-14-30-15-13-27)19-9-7-18(8-10-19)31-23-20-5-1-2-6-21(20)25-22(26-23)17-4-3-11-24-16-17/h1-11,16H,12-15H2. The largest absolute Gasteiger partial charge is 0.438 e. The maximum atomic E-state index is 12.8. The summed E-state index contributed by atoms with van der Waals surface area (Å²) < 4.78 is 38.4. The van der Waals surface area contributed by atoms with E-state index in [4.69, 9.17) is 9.47 Å². The molecule has 0 N–H and O–H groups in total. The zero-order chi connectivity index (χ0) is 22.0. The second-order valence-electron chi connectivity index (χ2n) is 7.20. The molecule has 0 amide bonds. The Kier molecular flexibility index (Phi) is 5.52. The highest BCUT2D eigenvalue weighted by Crippen LogP contribution is 2.30. The predicted octanol–water partition coefficient (Wildman–Crippen LogP) is 3.51. The molecule has 2 aromatic carbocycles. The van der Waals surface area contributed by atoms with Crippen molar-refractivity contribution in [2.45, 2.75) is 4.90 Å². The van der Waals surface area contributed by atoms with Crippen LogP contribution < -0.4 is 4.74 Å². The minimum Gasteiger partial charge on any atom is -0.438 e. The summed E-state index contributed by atoms with van der Waals surface area (Å²) in [7, 11) is -3.56. The molecule has 0 aliphatic carbocycles. The highest BCUT2D eigenvalue weighted by molar-refractivity contribution is 7.89. The van der Waals surface area contributed by atoms with E-state index in [2.05, 4.69) is 15.0 Å². The summed E-state index contributed by atoms with van der Waals surface area (Å²) in [4.78, 5) is 13.6. The van der Waals surface area contributed by atoms with Crippen molar-refractivity contribution in [2.24, 2.45) is 0 Å². The average Bonchev–Trinajstić information content (AvgIpc) is 2.85. The van der Waals surface area contributed by atoms with Gasteiger partial charge in [0.1, 0.15) is 5.75 Å². The van der Waals surface area contributed by atoms with Crippen LogP contribution in [0, 0.1) is 0 Å². The molecule has 1 aliphatic heterocycles. The van der Waals surface area contributed by atoms with Crippen LogP contribution in [0.15, 0.2) is 78.0 Å². The maximum Gasteiger partial charge on any atom is 0.243 e. The van der Waals surface area contributed by atoms with Gasteiger partial charge in [0.15, 0.2) is 5.82 Å². The monoisotopic (exact) mass is 448 g/mol. The van der Waals surface area contributed by atoms with E-state index in [9.17, 15) is 8.42 Å². The Bertz CT molecular complexity index is 1340. The van der Waals surface area contributed by atoms with Crippen LogP contribution in [0.5, 0.6) is 11.6 Å². The summed E-state index contributed by atoms with van der Waals surface area (Å²) in [6, 6.07) is 17.6. The number of sulfonamides is 1. The molecule has 2 aromatic heterocycles. The van der Waals surface area contributed by atoms with Crippen molar-refractivity contribution < 1.29 is 17.9 Å². The number of morpholine rings is 1. The van der Waals surface area contributed by atoms with Gasteiger partial charge in [-0.3, -0.25) is 4.98 Å². The lowest BCUT2D eigenvalue weighted by Gasteiger charge is -2.26. The second kappa shape index (κ2) is 8.62. The quantitative estimate of drug-likeness (QED) is 0.461. The number of aromatic nitrogens is 3. The first kappa shape index (κ1) is 20.5. The van der Waals surface area contributed by atoms with Crippen LogP contribution in [0.25, 0.3) is 22.3 Å². The summed E-state index contributed by atoms with van der Waals surface area (Å²) in [6.45, 7) is 1.51. The van der Waals surface area contributed by atoms with E-state index < -0.39 is 10.0 Å². The number of fused-ring (bicyclic) bond motifs is 1. The molecule has 32 heavy (non-hydrogen) atoms. The summed E-state index contributed by atoms with van der Waals surface area (Å²) >= 11 is 0. The van der Waals surface area contributed by atoms with Crippen LogP contribution in [-0.4, -0.2) is 54.0 Å². The lowest BCUT2D eigenvalue weighted by Crippen LogP contribution is -2.40. The van der Waals surface area contributed by atoms with Gasteiger partial charge in [0.25, 0.3) is 0 Å². The number of ether oxygens (including phenoxy) is 2. The van der Waals surface area contributed by atoms with Gasteiger partial charge in [0.2, 0.25) is 15.9 Å². The number of hydrogen-bond donors (Lipinski definition) is 0. The van der Waals surface area contributed by atoms with Gasteiger partial charge in [-0.1, -0.05) is 12.1 Å². The molecule has 0 radical (unpaired) electrons. The van der Waals surface area contributed by atoms with E-state index in [1.165, 1.54) is 4.31 Å². The number of hydrogen-bond acceptors (Lipinski definition) is 7. The molecule has 0 bridgehead atoms. The van der Waals surface area contributed by atoms with Crippen molar-refractivity contribution in [3.8, 4) is 23.0 Å². The third kappa shape index (κ3) is 4.05. The van der Waals surface area contributed by atoms with Crippen LogP contribution in [0.1, 0.15) is 0 Å². The SMILES string of the molecule is O=S(=O)(c1ccc(Oc2nc(-c3cccnc3)nc3ccccc23)cc1)N1CCOCC1. The van der Waals surface area contributed by atoms with Gasteiger partial charge in [-0.2, -0.15) is 9.29 Å². The Hall–Kier alpha value is -3.40. The Morgan fingerprint density at radius 3 is 2.44 bits per heavy atom. The highest BCUT2D eigenvalue weighted by atomic mass is 32.2. The van der Waals surface area contributed by atoms with Gasteiger partial charge in [-0.15, -0.1) is 0 Å². The number of para-hydroxylation sites is 1. The molecule has 0 saturated carbocycles. The van der Waals surface area contributed by atoms with Crippen molar-refractivity contribution in [1.82, 2.24) is 19.3 Å². The summed E-state index contributed by atoms with van der Waals surface area (Å²) in [5, 5.41) is 0.755. The second-order valence-corrected chi connectivity index (χ2v) is 9.14. The fourth-order valence-electron chi connectivity index (χ4n) is 3.48. The lowest BCUT2D eigenvalue weighted by atomic mass is 10.2. The van der Waals surface area contributed by atoms with Gasteiger partial charge in [-0.05, 0) is 48.5 Å². The third-order valence-corrected chi connectivity index (χ3v) is 7.05. The molecule has 3 heterocycles. The van der Waals surface area contributed by atoms with Crippen molar-refractivity contribution in [3.05, 3.63) is 73.1 Å². The molecular formula is C23H20N4O4S. The number of rotatable bonds is 5. The third-order valence-electron chi connectivity index (χ3n) is 5.13. The maximum absolute atomic E-state index is 12.8. The fourth-order valence-corrected chi connectivity index (χ4v) is 4.88. The zero-order valence-corrected chi connectivity index (χ0v) is 17.9. The molecule has 0 spiro atoms. The Labute approximate surface area is 185 Å². The van der Waals surface area contributed by atoms with Crippen LogP contribution in [0.4, 0.5) is 0 Å². The number of nitrogens with zero attached hydrogens (tertiary/aromatic N) is 4. The molecule has 162 valence electrons. The number of benzene rings is 2. The molecule has 5 rings (SSSR count). The van der Waals surface area contributed by atoms with E-state index in [1.807, 2.05) is 36.4 Å². The fraction of sp³-hybridized carbons (Fsp3) is 0.174. The van der Waals surface area contributed by atoms with Gasteiger partial charge >= 0.3 is 0 Å². The lowest BCUT2D eigenvalue weighted by molar-refractivity contribution is 0.0730. The van der Waals surface area contributed by atoms with Crippen LogP contribution in [0.3, 0.4) is 0 Å². The molecular weight excluding hydrogens is 428 g/mol. The first-order valence-electron chi connectivity index (χ1n) is 10.1. The molecule has 4 aromatic rings. The Morgan fingerprint density at radius 2 is 1.69 bits per heavy atom. The topological polar surface area (TPSA) is 94.5 Å². The first-order chi connectivity index (χ1) is 15.6. The van der Waals surface area contributed by atoms with E-state index in [1.54, 1.807) is 36.7 Å². The van der Waals surface area contributed by atoms with Crippen molar-refractivity contribution in [3.63, 3.8) is 0 Å². The average molecular weight is 449 g/mol. The van der Waals surface area contributed by atoms with E-state index in [-0.39, 0.29) is 4.90 Å². The van der Waals surface area contributed by atoms with E-state index in [0.29, 0.717) is 43.8 Å². The minimum absolute atomic E-state index is 0.218. The van der Waals surface area contributed by atoms with E-state index >= 15 is 0 Å². The van der Waals surface area contributed by atoms with E-state index in [0.717, 1.165) is 16.5 Å². The summed E-state index contributed by atoms with van der Waals surface area (Å²) in [6.07, 6.45) is 3.38.